The van der Waals surface area contributed by atoms with Crippen LogP contribution in [0.2, 0.25) is 0 Å². The number of carbonyl (C=O) groups is 1. The third-order valence-electron chi connectivity index (χ3n) is 4.65. The lowest BCUT2D eigenvalue weighted by atomic mass is 10.1. The fourth-order valence-corrected chi connectivity index (χ4v) is 2.82. The predicted molar refractivity (Wildman–Crippen MR) is 105 cm³/mol. The van der Waals surface area contributed by atoms with E-state index in [9.17, 15) is 9.18 Å². The monoisotopic (exact) mass is 402 g/mol. The van der Waals surface area contributed by atoms with Gasteiger partial charge >= 0.3 is 0 Å². The molecule has 8 heteroatoms. The lowest BCUT2D eigenvalue weighted by Crippen LogP contribution is -2.38. The molecule has 1 saturated carbocycles. The highest BCUT2D eigenvalue weighted by molar-refractivity contribution is 5.94. The fraction of sp³-hybridized carbons (Fsp3) is 0.250. The van der Waals surface area contributed by atoms with Gasteiger partial charge in [0.25, 0.3) is 11.8 Å². The van der Waals surface area contributed by atoms with E-state index in [2.05, 4.69) is 15.5 Å². The number of amides is 1. The van der Waals surface area contributed by atoms with Crippen LogP contribution in [0, 0.1) is 11.7 Å². The first kappa shape index (κ1) is 20.0. The van der Waals surface area contributed by atoms with Gasteiger partial charge in [-0.3, -0.25) is 4.79 Å². The number of carbonyl (C=O) groups excluding carboxylic acids is 1. The standard InChI is InChI=1S/C20H19FN4O2.ClH/c21-16-9-7-15(8-10-16)20-24-18(25-27-20)13-3-5-14(6-4-13)19(26)23-11-17(22)12-1-2-12;/h3-10,12,17H,1-2,11,22H2,(H,23,26);1H. The van der Waals surface area contributed by atoms with Gasteiger partial charge in [-0.25, -0.2) is 4.39 Å². The molecule has 3 N–H and O–H groups in total. The van der Waals surface area contributed by atoms with E-state index in [4.69, 9.17) is 10.3 Å². The molecule has 1 heterocycles. The van der Waals surface area contributed by atoms with Crippen molar-refractivity contribution in [3.8, 4) is 22.8 Å². The summed E-state index contributed by atoms with van der Waals surface area (Å²) < 4.78 is 18.2. The van der Waals surface area contributed by atoms with E-state index in [1.807, 2.05) is 0 Å². The van der Waals surface area contributed by atoms with E-state index in [1.165, 1.54) is 12.1 Å². The molecule has 1 aromatic heterocycles. The van der Waals surface area contributed by atoms with Gasteiger partial charge in [0.2, 0.25) is 5.82 Å². The summed E-state index contributed by atoms with van der Waals surface area (Å²) in [7, 11) is 0. The van der Waals surface area contributed by atoms with Crippen LogP contribution in [-0.4, -0.2) is 28.6 Å². The molecule has 0 radical (unpaired) electrons. The summed E-state index contributed by atoms with van der Waals surface area (Å²) >= 11 is 0. The molecule has 1 amide bonds. The van der Waals surface area contributed by atoms with E-state index < -0.39 is 0 Å². The van der Waals surface area contributed by atoms with Crippen LogP contribution in [0.3, 0.4) is 0 Å². The number of aromatic nitrogens is 2. The van der Waals surface area contributed by atoms with Crippen LogP contribution in [0.4, 0.5) is 4.39 Å². The molecule has 28 heavy (non-hydrogen) atoms. The van der Waals surface area contributed by atoms with Gasteiger partial charge < -0.3 is 15.6 Å². The minimum absolute atomic E-state index is 0. The summed E-state index contributed by atoms with van der Waals surface area (Å²) in [6, 6.07) is 12.8. The van der Waals surface area contributed by atoms with Gasteiger partial charge in [-0.05, 0) is 55.2 Å². The summed E-state index contributed by atoms with van der Waals surface area (Å²) in [5.41, 5.74) is 7.90. The number of halogens is 2. The molecule has 1 aliphatic rings. The highest BCUT2D eigenvalue weighted by Gasteiger charge is 2.28. The Morgan fingerprint density at radius 2 is 1.79 bits per heavy atom. The van der Waals surface area contributed by atoms with E-state index in [1.54, 1.807) is 36.4 Å². The van der Waals surface area contributed by atoms with E-state index in [0.29, 0.717) is 35.3 Å². The maximum Gasteiger partial charge on any atom is 0.258 e. The first-order chi connectivity index (χ1) is 13.1. The zero-order valence-electron chi connectivity index (χ0n) is 15.0. The molecule has 1 atom stereocenters. The van der Waals surface area contributed by atoms with Crippen molar-refractivity contribution in [3.05, 3.63) is 59.9 Å². The van der Waals surface area contributed by atoms with Crippen LogP contribution in [0.25, 0.3) is 22.8 Å². The molecule has 0 saturated heterocycles. The average molecular weight is 403 g/mol. The highest BCUT2D eigenvalue weighted by Crippen LogP contribution is 2.31. The van der Waals surface area contributed by atoms with Crippen LogP contribution in [0.1, 0.15) is 23.2 Å². The Kier molecular flexibility index (Phi) is 6.06. The van der Waals surface area contributed by atoms with Crippen LogP contribution in [-0.2, 0) is 0 Å². The zero-order valence-corrected chi connectivity index (χ0v) is 15.8. The van der Waals surface area contributed by atoms with Crippen molar-refractivity contribution in [2.24, 2.45) is 11.7 Å². The SMILES string of the molecule is Cl.NC(CNC(=O)c1ccc(-c2noc(-c3ccc(F)cc3)n2)cc1)C1CC1. The van der Waals surface area contributed by atoms with Gasteiger partial charge in [-0.1, -0.05) is 17.3 Å². The molecule has 0 bridgehead atoms. The molecule has 1 aliphatic carbocycles. The number of hydrogen-bond acceptors (Lipinski definition) is 5. The van der Waals surface area contributed by atoms with E-state index in [0.717, 1.165) is 18.4 Å². The van der Waals surface area contributed by atoms with Crippen molar-refractivity contribution in [2.75, 3.05) is 6.54 Å². The number of benzene rings is 2. The second kappa shape index (κ2) is 8.50. The van der Waals surface area contributed by atoms with E-state index in [-0.39, 0.29) is 30.2 Å². The minimum atomic E-state index is -0.328. The Bertz CT molecular complexity index is 940. The van der Waals surface area contributed by atoms with Crippen molar-refractivity contribution >= 4 is 18.3 Å². The Balaban J connectivity index is 0.00000225. The number of nitrogens with two attached hydrogens (primary N) is 1. The average Bonchev–Trinajstić information content (AvgIpc) is 3.44. The number of nitrogens with zero attached hydrogens (tertiary/aromatic N) is 2. The predicted octanol–water partition coefficient (Wildman–Crippen LogP) is 3.43. The molecule has 1 unspecified atom stereocenters. The van der Waals surface area contributed by atoms with Crippen molar-refractivity contribution in [3.63, 3.8) is 0 Å². The van der Waals surface area contributed by atoms with Crippen molar-refractivity contribution < 1.29 is 13.7 Å². The molecule has 1 fully saturated rings. The maximum absolute atomic E-state index is 13.0. The Labute approximate surface area is 167 Å². The summed E-state index contributed by atoms with van der Waals surface area (Å²) in [5.74, 6) is 0.766. The second-order valence-electron chi connectivity index (χ2n) is 6.72. The maximum atomic E-state index is 13.0. The third-order valence-corrected chi connectivity index (χ3v) is 4.65. The molecule has 0 spiro atoms. The molecular formula is C20H20ClFN4O2. The zero-order chi connectivity index (χ0) is 18.8. The van der Waals surface area contributed by atoms with Gasteiger partial charge in [0, 0.05) is 29.3 Å². The quantitative estimate of drug-likeness (QED) is 0.658. The molecule has 4 rings (SSSR count). The van der Waals surface area contributed by atoms with Crippen LogP contribution in [0.15, 0.2) is 53.1 Å². The van der Waals surface area contributed by atoms with Gasteiger partial charge in [0.05, 0.1) is 0 Å². The number of rotatable bonds is 6. The van der Waals surface area contributed by atoms with Crippen molar-refractivity contribution in [1.29, 1.82) is 0 Å². The fourth-order valence-electron chi connectivity index (χ4n) is 2.82. The minimum Gasteiger partial charge on any atom is -0.350 e. The summed E-state index contributed by atoms with van der Waals surface area (Å²) in [5, 5.41) is 6.81. The molecule has 2 aromatic carbocycles. The normalized spacial score (nSPS) is 14.2. The largest absolute Gasteiger partial charge is 0.350 e. The summed E-state index contributed by atoms with van der Waals surface area (Å²) in [6.45, 7) is 0.483. The topological polar surface area (TPSA) is 94.0 Å². The summed E-state index contributed by atoms with van der Waals surface area (Å²) in [4.78, 5) is 16.5. The summed E-state index contributed by atoms with van der Waals surface area (Å²) in [6.07, 6.45) is 2.30. The van der Waals surface area contributed by atoms with Crippen LogP contribution in [0.5, 0.6) is 0 Å². The lowest BCUT2D eigenvalue weighted by molar-refractivity contribution is 0.0950. The Morgan fingerprint density at radius 1 is 1.14 bits per heavy atom. The second-order valence-corrected chi connectivity index (χ2v) is 6.72. The first-order valence-electron chi connectivity index (χ1n) is 8.84. The molecule has 146 valence electrons. The van der Waals surface area contributed by atoms with Crippen molar-refractivity contribution in [2.45, 2.75) is 18.9 Å². The molecular weight excluding hydrogens is 383 g/mol. The lowest BCUT2D eigenvalue weighted by Gasteiger charge is -2.11. The van der Waals surface area contributed by atoms with Crippen LogP contribution < -0.4 is 11.1 Å². The molecule has 0 aliphatic heterocycles. The van der Waals surface area contributed by atoms with E-state index >= 15 is 0 Å². The Hall–Kier alpha value is -2.77. The van der Waals surface area contributed by atoms with Gasteiger partial charge in [-0.15, -0.1) is 12.4 Å². The first-order valence-corrected chi connectivity index (χ1v) is 8.84. The third kappa shape index (κ3) is 4.55. The Morgan fingerprint density at radius 3 is 2.43 bits per heavy atom. The number of hydrogen-bond donors (Lipinski definition) is 2. The molecule has 6 nitrogen and oxygen atoms in total. The van der Waals surface area contributed by atoms with Crippen molar-refractivity contribution in [1.82, 2.24) is 15.5 Å². The molecule has 3 aromatic rings. The van der Waals surface area contributed by atoms with Gasteiger partial charge in [0.15, 0.2) is 0 Å². The highest BCUT2D eigenvalue weighted by atomic mass is 35.5. The smallest absolute Gasteiger partial charge is 0.258 e. The van der Waals surface area contributed by atoms with Gasteiger partial charge in [0.1, 0.15) is 5.82 Å². The van der Waals surface area contributed by atoms with Crippen LogP contribution >= 0.6 is 12.4 Å². The van der Waals surface area contributed by atoms with Gasteiger partial charge in [-0.2, -0.15) is 4.98 Å². The number of nitrogens with one attached hydrogen (secondary N) is 1.